The Balaban J connectivity index is 2.74. The zero-order chi connectivity index (χ0) is 16.2. The Kier molecular flexibility index (Phi) is 6.00. The van der Waals surface area contributed by atoms with E-state index in [2.05, 4.69) is 10.3 Å². The molecule has 0 aliphatic rings. The third-order valence-electron chi connectivity index (χ3n) is 2.47. The van der Waals surface area contributed by atoms with Crippen molar-refractivity contribution in [3.05, 3.63) is 11.1 Å². The van der Waals surface area contributed by atoms with E-state index >= 15 is 0 Å². The number of thiazole rings is 1. The number of anilines is 1. The molecule has 0 unspecified atom stereocenters. The number of nitrogens with zero attached hydrogens (tertiary/aromatic N) is 2. The first-order valence-electron chi connectivity index (χ1n) is 6.68. The van der Waals surface area contributed by atoms with Gasteiger partial charge >= 0.3 is 12.2 Å². The predicted octanol–water partition coefficient (Wildman–Crippen LogP) is 4.31. The molecule has 0 saturated heterocycles. The molecule has 0 bridgehead atoms. The van der Waals surface area contributed by atoms with E-state index < -0.39 is 17.9 Å². The monoisotopic (exact) mass is 323 g/mol. The largest absolute Gasteiger partial charge is 0.434 e. The molecule has 4 nitrogen and oxygen atoms in total. The van der Waals surface area contributed by atoms with Crippen LogP contribution >= 0.6 is 11.3 Å². The maximum Gasteiger partial charge on any atom is 0.434 e. The van der Waals surface area contributed by atoms with E-state index in [9.17, 15) is 18.0 Å². The van der Waals surface area contributed by atoms with Gasteiger partial charge in [-0.2, -0.15) is 13.2 Å². The van der Waals surface area contributed by atoms with Crippen molar-refractivity contribution in [2.24, 2.45) is 11.8 Å². The minimum absolute atomic E-state index is 0.0372. The van der Waals surface area contributed by atoms with Gasteiger partial charge in [0.05, 0.1) is 0 Å². The lowest BCUT2D eigenvalue weighted by atomic mass is 10.1. The topological polar surface area (TPSA) is 45.2 Å². The summed E-state index contributed by atoms with van der Waals surface area (Å²) in [5.41, 5.74) is -0.984. The molecule has 0 atom stereocenters. The predicted molar refractivity (Wildman–Crippen MR) is 77.4 cm³/mol. The summed E-state index contributed by atoms with van der Waals surface area (Å²) in [6, 6.07) is -0.416. The lowest BCUT2D eigenvalue weighted by molar-refractivity contribution is -0.140. The number of hydrogen-bond acceptors (Lipinski definition) is 3. The molecule has 1 rings (SSSR count). The SMILES string of the molecule is CC(C)CN(CC(C)C)C(=O)Nc1nc(C(F)(F)F)cs1. The number of hydrogen-bond donors (Lipinski definition) is 1. The Morgan fingerprint density at radius 2 is 1.81 bits per heavy atom. The van der Waals surface area contributed by atoms with Crippen LogP contribution in [0.2, 0.25) is 0 Å². The molecule has 21 heavy (non-hydrogen) atoms. The molecule has 0 radical (unpaired) electrons. The maximum atomic E-state index is 12.5. The van der Waals surface area contributed by atoms with Gasteiger partial charge in [0.2, 0.25) is 0 Å². The number of nitrogens with one attached hydrogen (secondary N) is 1. The molecule has 0 saturated carbocycles. The molecule has 0 aliphatic heterocycles. The lowest BCUT2D eigenvalue weighted by Crippen LogP contribution is -2.39. The standard InChI is InChI=1S/C13H20F3N3OS/c1-8(2)5-19(6-9(3)4)12(20)18-11-17-10(7-21-11)13(14,15)16/h7-9H,5-6H2,1-4H3,(H,17,18,20). The summed E-state index contributed by atoms with van der Waals surface area (Å²) in [6.45, 7) is 9.00. The quantitative estimate of drug-likeness (QED) is 0.877. The molecular formula is C13H20F3N3OS. The Morgan fingerprint density at radius 1 is 1.29 bits per heavy atom. The summed E-state index contributed by atoms with van der Waals surface area (Å²) in [7, 11) is 0. The second kappa shape index (κ2) is 7.11. The van der Waals surface area contributed by atoms with Crippen molar-refractivity contribution in [1.29, 1.82) is 0 Å². The molecular weight excluding hydrogens is 303 g/mol. The molecule has 8 heteroatoms. The average Bonchev–Trinajstić information content (AvgIpc) is 2.74. The summed E-state index contributed by atoms with van der Waals surface area (Å²) in [5.74, 6) is 0.549. The zero-order valence-corrected chi connectivity index (χ0v) is 13.3. The molecule has 0 aliphatic carbocycles. The first kappa shape index (κ1) is 17.7. The number of alkyl halides is 3. The van der Waals surface area contributed by atoms with Gasteiger partial charge < -0.3 is 4.90 Å². The fraction of sp³-hybridized carbons (Fsp3) is 0.692. The first-order valence-corrected chi connectivity index (χ1v) is 7.56. The summed E-state index contributed by atoms with van der Waals surface area (Å²) in [6.07, 6.45) is -4.49. The molecule has 1 N–H and O–H groups in total. The Bertz CT molecular complexity index is 461. The van der Waals surface area contributed by atoms with Gasteiger partial charge in [-0.15, -0.1) is 11.3 Å². The molecule has 1 aromatic heterocycles. The molecule has 0 aromatic carbocycles. The van der Waals surface area contributed by atoms with Crippen LogP contribution in [0.3, 0.4) is 0 Å². The van der Waals surface area contributed by atoms with Crippen molar-refractivity contribution >= 4 is 22.5 Å². The third kappa shape index (κ3) is 5.91. The van der Waals surface area contributed by atoms with E-state index in [1.54, 1.807) is 4.90 Å². The van der Waals surface area contributed by atoms with Gasteiger partial charge in [-0.3, -0.25) is 5.32 Å². The molecule has 0 spiro atoms. The average molecular weight is 323 g/mol. The molecule has 1 heterocycles. The lowest BCUT2D eigenvalue weighted by Gasteiger charge is -2.26. The minimum Gasteiger partial charge on any atom is -0.324 e. The molecule has 2 amide bonds. The van der Waals surface area contributed by atoms with Crippen LogP contribution in [-0.4, -0.2) is 29.0 Å². The van der Waals surface area contributed by atoms with Crippen LogP contribution in [0.4, 0.5) is 23.1 Å². The van der Waals surface area contributed by atoms with Gasteiger partial charge in [0, 0.05) is 18.5 Å². The van der Waals surface area contributed by atoms with Crippen LogP contribution in [0.5, 0.6) is 0 Å². The number of carbonyl (C=O) groups excluding carboxylic acids is 1. The number of carbonyl (C=O) groups is 1. The zero-order valence-electron chi connectivity index (χ0n) is 12.5. The maximum absolute atomic E-state index is 12.5. The summed E-state index contributed by atoms with van der Waals surface area (Å²) < 4.78 is 37.4. The van der Waals surface area contributed by atoms with Crippen molar-refractivity contribution < 1.29 is 18.0 Å². The first-order chi connectivity index (χ1) is 9.59. The summed E-state index contributed by atoms with van der Waals surface area (Å²) >= 11 is 0.770. The fourth-order valence-electron chi connectivity index (χ4n) is 1.75. The summed E-state index contributed by atoms with van der Waals surface area (Å²) in [4.78, 5) is 17.1. The van der Waals surface area contributed by atoms with E-state index in [-0.39, 0.29) is 17.0 Å². The van der Waals surface area contributed by atoms with Crippen molar-refractivity contribution in [2.75, 3.05) is 18.4 Å². The minimum atomic E-state index is -4.49. The van der Waals surface area contributed by atoms with Crippen molar-refractivity contribution in [3.8, 4) is 0 Å². The van der Waals surface area contributed by atoms with Gasteiger partial charge in [-0.1, -0.05) is 27.7 Å². The highest BCUT2D eigenvalue weighted by Crippen LogP contribution is 2.31. The highest BCUT2D eigenvalue weighted by atomic mass is 32.1. The summed E-state index contributed by atoms with van der Waals surface area (Å²) in [5, 5.41) is 3.30. The van der Waals surface area contributed by atoms with Gasteiger partial charge in [-0.05, 0) is 11.8 Å². The molecule has 1 aromatic rings. The highest BCUT2D eigenvalue weighted by Gasteiger charge is 2.34. The molecule has 120 valence electrons. The van der Waals surface area contributed by atoms with E-state index in [4.69, 9.17) is 0 Å². The number of urea groups is 1. The Labute approximate surface area is 126 Å². The second-order valence-electron chi connectivity index (χ2n) is 5.66. The van der Waals surface area contributed by atoms with Crippen LogP contribution in [0.15, 0.2) is 5.38 Å². The number of rotatable bonds is 5. The normalized spacial score (nSPS) is 12.0. The van der Waals surface area contributed by atoms with Crippen molar-refractivity contribution in [3.63, 3.8) is 0 Å². The van der Waals surface area contributed by atoms with Crippen molar-refractivity contribution in [2.45, 2.75) is 33.9 Å². The number of amides is 2. The third-order valence-corrected chi connectivity index (χ3v) is 3.22. The van der Waals surface area contributed by atoms with E-state index in [1.807, 2.05) is 27.7 Å². The Hall–Kier alpha value is -1.31. The van der Waals surface area contributed by atoms with Crippen LogP contribution in [0, 0.1) is 11.8 Å². The fourth-order valence-corrected chi connectivity index (χ4v) is 2.46. The van der Waals surface area contributed by atoms with Crippen LogP contribution in [0.1, 0.15) is 33.4 Å². The van der Waals surface area contributed by atoms with E-state index in [0.29, 0.717) is 13.1 Å². The second-order valence-corrected chi connectivity index (χ2v) is 6.52. The van der Waals surface area contributed by atoms with E-state index in [0.717, 1.165) is 16.7 Å². The number of aromatic nitrogens is 1. The van der Waals surface area contributed by atoms with Gasteiger partial charge in [0.1, 0.15) is 0 Å². The van der Waals surface area contributed by atoms with Crippen LogP contribution in [0.25, 0.3) is 0 Å². The van der Waals surface area contributed by atoms with E-state index in [1.165, 1.54) is 0 Å². The smallest absolute Gasteiger partial charge is 0.324 e. The van der Waals surface area contributed by atoms with Gasteiger partial charge in [-0.25, -0.2) is 9.78 Å². The number of halogens is 3. The van der Waals surface area contributed by atoms with Crippen LogP contribution < -0.4 is 5.32 Å². The van der Waals surface area contributed by atoms with Crippen molar-refractivity contribution in [1.82, 2.24) is 9.88 Å². The van der Waals surface area contributed by atoms with Crippen LogP contribution in [-0.2, 0) is 6.18 Å². The Morgan fingerprint density at radius 3 is 2.19 bits per heavy atom. The van der Waals surface area contributed by atoms with Gasteiger partial charge in [0.25, 0.3) is 0 Å². The molecule has 0 fully saturated rings. The highest BCUT2D eigenvalue weighted by molar-refractivity contribution is 7.13. The van der Waals surface area contributed by atoms with Gasteiger partial charge in [0.15, 0.2) is 10.8 Å².